The highest BCUT2D eigenvalue weighted by atomic mass is 32.2. The molecule has 0 unspecified atom stereocenters. The van der Waals surface area contributed by atoms with Crippen molar-refractivity contribution in [3.8, 4) is 0 Å². The number of carbonyl (C=O) groups is 2. The average Bonchev–Trinajstić information content (AvgIpc) is 2.91. The highest BCUT2D eigenvalue weighted by Crippen LogP contribution is 2.38. The molecule has 1 aliphatic rings. The van der Waals surface area contributed by atoms with Crippen molar-refractivity contribution in [3.63, 3.8) is 0 Å². The van der Waals surface area contributed by atoms with E-state index in [2.05, 4.69) is 0 Å². The first-order valence-corrected chi connectivity index (χ1v) is 13.7. The molecule has 7 nitrogen and oxygen atoms in total. The van der Waals surface area contributed by atoms with Gasteiger partial charge in [0.05, 0.1) is 18.2 Å². The SMILES string of the molecule is CS(=O)(=O)N(Cc1ccccc1)C(=O)C1(c2ccccc2)CCN(C(=O)OCc2ccccc2)CC1. The van der Waals surface area contributed by atoms with Crippen LogP contribution in [-0.4, -0.2) is 49.0 Å². The van der Waals surface area contributed by atoms with Crippen LogP contribution in [-0.2, 0) is 38.1 Å². The molecule has 0 bridgehead atoms. The van der Waals surface area contributed by atoms with E-state index in [1.807, 2.05) is 78.9 Å². The maximum Gasteiger partial charge on any atom is 0.410 e. The highest BCUT2D eigenvalue weighted by Gasteiger charge is 2.47. The number of carbonyl (C=O) groups excluding carboxylic acids is 2. The molecule has 0 saturated carbocycles. The largest absolute Gasteiger partial charge is 0.445 e. The van der Waals surface area contributed by atoms with Crippen molar-refractivity contribution in [1.82, 2.24) is 9.21 Å². The van der Waals surface area contributed by atoms with Gasteiger partial charge in [-0.05, 0) is 29.5 Å². The van der Waals surface area contributed by atoms with Crippen LogP contribution in [0.5, 0.6) is 0 Å². The molecule has 0 N–H and O–H groups in total. The molecule has 188 valence electrons. The molecule has 4 rings (SSSR count). The van der Waals surface area contributed by atoms with E-state index in [1.54, 1.807) is 17.0 Å². The molecule has 0 aromatic heterocycles. The first-order chi connectivity index (χ1) is 17.3. The summed E-state index contributed by atoms with van der Waals surface area (Å²) in [6.07, 6.45) is 1.19. The number of rotatable bonds is 7. The summed E-state index contributed by atoms with van der Waals surface area (Å²) >= 11 is 0. The van der Waals surface area contributed by atoms with E-state index in [4.69, 9.17) is 4.74 Å². The minimum Gasteiger partial charge on any atom is -0.445 e. The van der Waals surface area contributed by atoms with Crippen LogP contribution in [0.4, 0.5) is 4.79 Å². The van der Waals surface area contributed by atoms with Gasteiger partial charge >= 0.3 is 6.09 Å². The van der Waals surface area contributed by atoms with E-state index in [0.29, 0.717) is 0 Å². The molecule has 3 aromatic carbocycles. The van der Waals surface area contributed by atoms with Gasteiger partial charge in [-0.1, -0.05) is 91.0 Å². The molecule has 0 spiro atoms. The average molecular weight is 507 g/mol. The van der Waals surface area contributed by atoms with Crippen molar-refractivity contribution < 1.29 is 22.7 Å². The smallest absolute Gasteiger partial charge is 0.410 e. The van der Waals surface area contributed by atoms with Crippen molar-refractivity contribution >= 4 is 22.0 Å². The monoisotopic (exact) mass is 506 g/mol. The minimum absolute atomic E-state index is 0.0457. The molecule has 0 aliphatic carbocycles. The molecule has 1 saturated heterocycles. The van der Waals surface area contributed by atoms with Gasteiger partial charge in [-0.2, -0.15) is 0 Å². The first kappa shape index (κ1) is 25.4. The zero-order valence-electron chi connectivity index (χ0n) is 20.2. The molecule has 1 aliphatic heterocycles. The summed E-state index contributed by atoms with van der Waals surface area (Å²) in [7, 11) is -3.85. The Labute approximate surface area is 212 Å². The van der Waals surface area contributed by atoms with Gasteiger partial charge in [-0.25, -0.2) is 17.5 Å². The van der Waals surface area contributed by atoms with E-state index >= 15 is 0 Å². The first-order valence-electron chi connectivity index (χ1n) is 11.9. The van der Waals surface area contributed by atoms with Gasteiger partial charge in [0.25, 0.3) is 0 Å². The number of sulfonamides is 1. The Morgan fingerprint density at radius 1 is 0.833 bits per heavy atom. The van der Waals surface area contributed by atoms with Crippen molar-refractivity contribution in [3.05, 3.63) is 108 Å². The number of nitrogens with zero attached hydrogens (tertiary/aromatic N) is 2. The van der Waals surface area contributed by atoms with Crippen molar-refractivity contribution in [2.45, 2.75) is 31.4 Å². The van der Waals surface area contributed by atoms with Crippen LogP contribution in [0.3, 0.4) is 0 Å². The summed E-state index contributed by atoms with van der Waals surface area (Å²) in [6.45, 7) is 0.669. The summed E-state index contributed by atoms with van der Waals surface area (Å²) in [5, 5.41) is 0. The zero-order chi connectivity index (χ0) is 25.6. The molecule has 1 fully saturated rings. The number of amides is 2. The third-order valence-electron chi connectivity index (χ3n) is 6.61. The Morgan fingerprint density at radius 2 is 1.33 bits per heavy atom. The second-order valence-electron chi connectivity index (χ2n) is 9.04. The van der Waals surface area contributed by atoms with Crippen molar-refractivity contribution in [1.29, 1.82) is 0 Å². The molecular weight excluding hydrogens is 476 g/mol. The lowest BCUT2D eigenvalue weighted by molar-refractivity contribution is -0.134. The van der Waals surface area contributed by atoms with Crippen LogP contribution in [0.1, 0.15) is 29.5 Å². The number of ether oxygens (including phenoxy) is 1. The third-order valence-corrected chi connectivity index (χ3v) is 7.71. The molecular formula is C28H30N2O5S. The van der Waals surface area contributed by atoms with Crippen LogP contribution in [0.15, 0.2) is 91.0 Å². The molecule has 0 radical (unpaired) electrons. The zero-order valence-corrected chi connectivity index (χ0v) is 21.1. The van der Waals surface area contributed by atoms with Gasteiger partial charge in [0, 0.05) is 13.1 Å². The quantitative estimate of drug-likeness (QED) is 0.476. The number of piperidine rings is 1. The summed E-state index contributed by atoms with van der Waals surface area (Å²) in [6, 6.07) is 27.7. The fourth-order valence-electron chi connectivity index (χ4n) is 4.59. The number of benzene rings is 3. The molecule has 1 heterocycles. The Kier molecular flexibility index (Phi) is 7.74. The number of hydrogen-bond acceptors (Lipinski definition) is 5. The van der Waals surface area contributed by atoms with Gasteiger partial charge in [0.15, 0.2) is 0 Å². The van der Waals surface area contributed by atoms with Gasteiger partial charge in [-0.15, -0.1) is 0 Å². The number of hydrogen-bond donors (Lipinski definition) is 0. The summed E-state index contributed by atoms with van der Waals surface area (Å²) in [5.41, 5.74) is 1.28. The summed E-state index contributed by atoms with van der Waals surface area (Å²) in [4.78, 5) is 28.4. The van der Waals surface area contributed by atoms with Gasteiger partial charge < -0.3 is 9.64 Å². The minimum atomic E-state index is -3.85. The van der Waals surface area contributed by atoms with E-state index in [1.165, 1.54) is 0 Å². The maximum absolute atomic E-state index is 14.1. The van der Waals surface area contributed by atoms with Gasteiger partial charge in [0.1, 0.15) is 6.61 Å². The lowest BCUT2D eigenvalue weighted by atomic mass is 9.72. The second-order valence-corrected chi connectivity index (χ2v) is 10.9. The summed E-state index contributed by atoms with van der Waals surface area (Å²) in [5.74, 6) is -0.475. The van der Waals surface area contributed by atoms with Gasteiger partial charge in [-0.3, -0.25) is 4.79 Å². The topological polar surface area (TPSA) is 84.0 Å². The van der Waals surface area contributed by atoms with Crippen LogP contribution < -0.4 is 0 Å². The predicted octanol–water partition coefficient (Wildman–Crippen LogP) is 4.35. The van der Waals surface area contributed by atoms with E-state index in [0.717, 1.165) is 27.3 Å². The Morgan fingerprint density at radius 3 is 1.86 bits per heavy atom. The molecule has 36 heavy (non-hydrogen) atoms. The number of likely N-dealkylation sites (tertiary alicyclic amines) is 1. The van der Waals surface area contributed by atoms with Crippen molar-refractivity contribution in [2.24, 2.45) is 0 Å². The Hall–Kier alpha value is -3.65. The third kappa shape index (κ3) is 5.76. The maximum atomic E-state index is 14.1. The fraction of sp³-hybridized carbons (Fsp3) is 0.286. The summed E-state index contributed by atoms with van der Waals surface area (Å²) < 4.78 is 32.1. The molecule has 0 atom stereocenters. The van der Waals surface area contributed by atoms with Crippen LogP contribution in [0.25, 0.3) is 0 Å². The van der Waals surface area contributed by atoms with E-state index < -0.39 is 27.4 Å². The lowest BCUT2D eigenvalue weighted by Crippen LogP contribution is -2.54. The van der Waals surface area contributed by atoms with E-state index in [9.17, 15) is 18.0 Å². The van der Waals surface area contributed by atoms with Crippen molar-refractivity contribution in [2.75, 3.05) is 19.3 Å². The predicted molar refractivity (Wildman–Crippen MR) is 137 cm³/mol. The van der Waals surface area contributed by atoms with Crippen LogP contribution in [0, 0.1) is 0 Å². The van der Waals surface area contributed by atoms with E-state index in [-0.39, 0.29) is 39.1 Å². The molecule has 3 aromatic rings. The molecule has 8 heteroatoms. The van der Waals surface area contributed by atoms with Crippen LogP contribution in [0.2, 0.25) is 0 Å². The normalized spacial score (nSPS) is 15.2. The lowest BCUT2D eigenvalue weighted by Gasteiger charge is -2.42. The molecule has 2 amide bonds. The fourth-order valence-corrected chi connectivity index (χ4v) is 5.45. The standard InChI is InChI=1S/C28H30N2O5S/c1-36(33,34)30(21-23-11-5-2-6-12-23)26(31)28(25-15-9-4-10-16-25)17-19-29(20-18-28)27(32)35-22-24-13-7-3-8-14-24/h2-16H,17-22H2,1H3. The van der Waals surface area contributed by atoms with Crippen LogP contribution >= 0.6 is 0 Å². The Balaban J connectivity index is 1.56. The second kappa shape index (κ2) is 11.0. The van der Waals surface area contributed by atoms with Gasteiger partial charge in [0.2, 0.25) is 15.9 Å². The Bertz CT molecular complexity index is 1270. The highest BCUT2D eigenvalue weighted by molar-refractivity contribution is 7.88.